The number of likely N-dealkylation sites (N-methyl/N-ethyl adjacent to an activating group) is 2. The van der Waals surface area contributed by atoms with Crippen LogP contribution >= 0.6 is 12.2 Å². The highest BCUT2D eigenvalue weighted by Crippen LogP contribution is 2.03. The van der Waals surface area contributed by atoms with Crippen LogP contribution in [0.2, 0.25) is 0 Å². The number of hydrogen-bond acceptors (Lipinski definition) is 3. The summed E-state index contributed by atoms with van der Waals surface area (Å²) in [6, 6.07) is 0.0206. The van der Waals surface area contributed by atoms with Crippen molar-refractivity contribution in [3.05, 3.63) is 0 Å². The molecule has 1 unspecified atom stereocenters. The molecular formula is C9H19N3OS. The van der Waals surface area contributed by atoms with E-state index in [4.69, 9.17) is 18.0 Å². The van der Waals surface area contributed by atoms with Gasteiger partial charge in [-0.15, -0.1) is 0 Å². The Bertz CT molecular complexity index is 208. The first-order valence-electron chi connectivity index (χ1n) is 4.80. The van der Waals surface area contributed by atoms with Gasteiger partial charge in [0.1, 0.15) is 0 Å². The molecule has 5 heteroatoms. The summed E-state index contributed by atoms with van der Waals surface area (Å²) >= 11 is 4.95. The van der Waals surface area contributed by atoms with E-state index in [9.17, 15) is 4.79 Å². The minimum Gasteiger partial charge on any atom is -0.392 e. The Morgan fingerprint density at radius 1 is 1.57 bits per heavy atom. The Morgan fingerprint density at radius 2 is 2.14 bits per heavy atom. The van der Waals surface area contributed by atoms with Crippen molar-refractivity contribution in [1.82, 2.24) is 10.2 Å². The first kappa shape index (κ1) is 13.3. The highest BCUT2D eigenvalue weighted by molar-refractivity contribution is 7.80. The van der Waals surface area contributed by atoms with E-state index in [1.54, 1.807) is 7.05 Å². The van der Waals surface area contributed by atoms with Crippen LogP contribution in [-0.2, 0) is 4.79 Å². The van der Waals surface area contributed by atoms with Gasteiger partial charge in [-0.1, -0.05) is 26.1 Å². The third kappa shape index (κ3) is 4.02. The summed E-state index contributed by atoms with van der Waals surface area (Å²) in [4.78, 5) is 13.6. The predicted octanol–water partition coefficient (Wildman–Crippen LogP) is 0.119. The smallest absolute Gasteiger partial charge is 0.233 e. The van der Waals surface area contributed by atoms with Crippen LogP contribution in [0, 0.1) is 0 Å². The number of carbonyl (C=O) groups is 1. The summed E-state index contributed by atoms with van der Waals surface area (Å²) in [5.74, 6) is -0.0125. The monoisotopic (exact) mass is 217 g/mol. The third-order valence-electron chi connectivity index (χ3n) is 2.19. The molecule has 1 atom stereocenters. The lowest BCUT2D eigenvalue weighted by Crippen LogP contribution is -2.47. The second-order valence-electron chi connectivity index (χ2n) is 3.06. The van der Waals surface area contributed by atoms with E-state index in [1.807, 2.05) is 18.7 Å². The number of amides is 1. The standard InChI is InChI=1S/C9H19N3OS/c1-4-7(9(10)14)12(5-2)6-8(13)11-3/h7H,4-6H2,1-3H3,(H2,10,14)(H,11,13). The molecule has 3 N–H and O–H groups in total. The lowest BCUT2D eigenvalue weighted by molar-refractivity contribution is -0.121. The Balaban J connectivity index is 4.36. The van der Waals surface area contributed by atoms with Crippen LogP contribution in [0.25, 0.3) is 0 Å². The summed E-state index contributed by atoms with van der Waals surface area (Å²) < 4.78 is 0. The SMILES string of the molecule is CCC(C(N)=S)N(CC)CC(=O)NC. The number of nitrogens with two attached hydrogens (primary N) is 1. The second-order valence-corrected chi connectivity index (χ2v) is 3.53. The molecule has 0 saturated carbocycles. The van der Waals surface area contributed by atoms with Gasteiger partial charge in [-0.3, -0.25) is 9.69 Å². The number of hydrogen-bond donors (Lipinski definition) is 2. The largest absolute Gasteiger partial charge is 0.392 e. The van der Waals surface area contributed by atoms with Crippen molar-refractivity contribution in [1.29, 1.82) is 0 Å². The average molecular weight is 217 g/mol. The average Bonchev–Trinajstić information content (AvgIpc) is 2.16. The first-order chi connectivity index (χ1) is 6.56. The van der Waals surface area contributed by atoms with Crippen LogP contribution in [0.5, 0.6) is 0 Å². The molecule has 0 aromatic rings. The van der Waals surface area contributed by atoms with Crippen molar-refractivity contribution < 1.29 is 4.79 Å². The van der Waals surface area contributed by atoms with Gasteiger partial charge in [0.2, 0.25) is 5.91 Å². The zero-order valence-electron chi connectivity index (χ0n) is 9.04. The molecule has 0 radical (unpaired) electrons. The summed E-state index contributed by atoms with van der Waals surface area (Å²) in [6.07, 6.45) is 0.833. The molecule has 0 rings (SSSR count). The lowest BCUT2D eigenvalue weighted by atomic mass is 10.2. The zero-order chi connectivity index (χ0) is 11.1. The number of carbonyl (C=O) groups excluding carboxylic acids is 1. The Labute approximate surface area is 90.8 Å². The summed E-state index contributed by atoms with van der Waals surface area (Å²) in [7, 11) is 1.62. The van der Waals surface area contributed by atoms with Crippen LogP contribution in [0.15, 0.2) is 0 Å². The maximum absolute atomic E-state index is 11.2. The number of nitrogens with zero attached hydrogens (tertiary/aromatic N) is 1. The van der Waals surface area contributed by atoms with Gasteiger partial charge in [-0.25, -0.2) is 0 Å². The van der Waals surface area contributed by atoms with Gasteiger partial charge < -0.3 is 11.1 Å². The summed E-state index contributed by atoms with van der Waals surface area (Å²) in [6.45, 7) is 5.12. The molecule has 0 saturated heterocycles. The van der Waals surface area contributed by atoms with Gasteiger partial charge in [0.15, 0.2) is 0 Å². The van der Waals surface area contributed by atoms with Crippen molar-refractivity contribution in [2.75, 3.05) is 20.1 Å². The fraction of sp³-hybridized carbons (Fsp3) is 0.778. The summed E-state index contributed by atoms with van der Waals surface area (Å²) in [5.41, 5.74) is 5.60. The Kier molecular flexibility index (Phi) is 6.40. The van der Waals surface area contributed by atoms with Crippen molar-refractivity contribution >= 4 is 23.1 Å². The Hall–Kier alpha value is -0.680. The van der Waals surface area contributed by atoms with Gasteiger partial charge in [0.05, 0.1) is 17.6 Å². The van der Waals surface area contributed by atoms with Crippen LogP contribution in [0.4, 0.5) is 0 Å². The lowest BCUT2D eigenvalue weighted by Gasteiger charge is -2.28. The van der Waals surface area contributed by atoms with Gasteiger partial charge >= 0.3 is 0 Å². The normalized spacial score (nSPS) is 12.6. The molecule has 0 aliphatic carbocycles. The maximum atomic E-state index is 11.2. The number of nitrogens with one attached hydrogen (secondary N) is 1. The number of thiocarbonyl (C=S) groups is 1. The molecule has 0 aliphatic rings. The van der Waals surface area contributed by atoms with Crippen LogP contribution in [-0.4, -0.2) is 42.0 Å². The molecular weight excluding hydrogens is 198 g/mol. The quantitative estimate of drug-likeness (QED) is 0.620. The van der Waals surface area contributed by atoms with Crippen molar-refractivity contribution in [3.8, 4) is 0 Å². The van der Waals surface area contributed by atoms with Crippen LogP contribution in [0.1, 0.15) is 20.3 Å². The van der Waals surface area contributed by atoms with E-state index in [-0.39, 0.29) is 11.9 Å². The molecule has 0 aromatic carbocycles. The fourth-order valence-corrected chi connectivity index (χ4v) is 1.66. The van der Waals surface area contributed by atoms with Crippen molar-refractivity contribution in [2.24, 2.45) is 5.73 Å². The molecule has 4 nitrogen and oxygen atoms in total. The highest BCUT2D eigenvalue weighted by Gasteiger charge is 2.19. The first-order valence-corrected chi connectivity index (χ1v) is 5.21. The van der Waals surface area contributed by atoms with E-state index in [1.165, 1.54) is 0 Å². The Morgan fingerprint density at radius 3 is 2.43 bits per heavy atom. The van der Waals surface area contributed by atoms with E-state index >= 15 is 0 Å². The van der Waals surface area contributed by atoms with Gasteiger partial charge in [0, 0.05) is 7.05 Å². The van der Waals surface area contributed by atoms with E-state index in [2.05, 4.69) is 5.32 Å². The molecule has 0 aliphatic heterocycles. The zero-order valence-corrected chi connectivity index (χ0v) is 9.86. The summed E-state index contributed by atoms with van der Waals surface area (Å²) in [5, 5.41) is 2.58. The number of rotatable bonds is 6. The molecule has 14 heavy (non-hydrogen) atoms. The molecule has 0 heterocycles. The molecule has 0 spiro atoms. The van der Waals surface area contributed by atoms with Crippen LogP contribution in [0.3, 0.4) is 0 Å². The van der Waals surface area contributed by atoms with Crippen molar-refractivity contribution in [2.45, 2.75) is 26.3 Å². The minimum absolute atomic E-state index is 0.0125. The highest BCUT2D eigenvalue weighted by atomic mass is 32.1. The molecule has 0 fully saturated rings. The minimum atomic E-state index is -0.0125. The van der Waals surface area contributed by atoms with Gasteiger partial charge in [-0.05, 0) is 13.0 Å². The molecule has 1 amide bonds. The fourth-order valence-electron chi connectivity index (χ4n) is 1.35. The maximum Gasteiger partial charge on any atom is 0.233 e. The van der Waals surface area contributed by atoms with E-state index in [0.29, 0.717) is 11.5 Å². The predicted molar refractivity (Wildman–Crippen MR) is 62.2 cm³/mol. The topological polar surface area (TPSA) is 58.4 Å². The second kappa shape index (κ2) is 6.73. The van der Waals surface area contributed by atoms with Gasteiger partial charge in [0.25, 0.3) is 0 Å². The molecule has 0 bridgehead atoms. The van der Waals surface area contributed by atoms with Crippen LogP contribution < -0.4 is 11.1 Å². The van der Waals surface area contributed by atoms with Crippen molar-refractivity contribution in [3.63, 3.8) is 0 Å². The molecule has 0 aromatic heterocycles. The van der Waals surface area contributed by atoms with E-state index < -0.39 is 0 Å². The van der Waals surface area contributed by atoms with Gasteiger partial charge in [-0.2, -0.15) is 0 Å². The third-order valence-corrected chi connectivity index (χ3v) is 2.46. The molecule has 82 valence electrons. The van der Waals surface area contributed by atoms with E-state index in [0.717, 1.165) is 13.0 Å².